The second-order valence-electron chi connectivity index (χ2n) is 5.86. The number of carbonyl (C=O) groups is 1. The average molecular weight is 329 g/mol. The van der Waals surface area contributed by atoms with Gasteiger partial charge in [-0.05, 0) is 48.6 Å². The van der Waals surface area contributed by atoms with E-state index >= 15 is 0 Å². The van der Waals surface area contributed by atoms with E-state index in [9.17, 15) is 9.18 Å². The predicted octanol–water partition coefficient (Wildman–Crippen LogP) is 3.86. The molecule has 3 nitrogen and oxygen atoms in total. The van der Waals surface area contributed by atoms with E-state index in [1.165, 1.54) is 12.1 Å². The van der Waals surface area contributed by atoms with Crippen molar-refractivity contribution in [3.63, 3.8) is 0 Å². The topological polar surface area (TPSA) is 29.5 Å². The van der Waals surface area contributed by atoms with Crippen LogP contribution >= 0.6 is 0 Å². The Hall–Kier alpha value is -2.36. The highest BCUT2D eigenvalue weighted by molar-refractivity contribution is 5.75. The zero-order valence-corrected chi connectivity index (χ0v) is 14.3. The lowest BCUT2D eigenvalue weighted by Gasteiger charge is -2.18. The summed E-state index contributed by atoms with van der Waals surface area (Å²) in [6.07, 6.45) is 2.82. The van der Waals surface area contributed by atoms with Gasteiger partial charge < -0.3 is 9.64 Å². The van der Waals surface area contributed by atoms with Crippen molar-refractivity contribution in [3.05, 3.63) is 65.5 Å². The van der Waals surface area contributed by atoms with E-state index in [-0.39, 0.29) is 11.7 Å². The van der Waals surface area contributed by atoms with Crippen molar-refractivity contribution in [1.29, 1.82) is 0 Å². The fourth-order valence-electron chi connectivity index (χ4n) is 2.61. The first-order valence-electron chi connectivity index (χ1n) is 8.20. The van der Waals surface area contributed by atoms with Crippen molar-refractivity contribution in [2.24, 2.45) is 0 Å². The number of carbonyl (C=O) groups excluding carboxylic acids is 1. The number of methoxy groups -OCH3 is 1. The quantitative estimate of drug-likeness (QED) is 0.736. The van der Waals surface area contributed by atoms with Crippen LogP contribution in [0.2, 0.25) is 0 Å². The SMILES string of the molecule is COc1ccccc1CCN(C)C(=O)CCCc1ccc(F)cc1. The van der Waals surface area contributed by atoms with Crippen molar-refractivity contribution in [3.8, 4) is 5.75 Å². The second kappa shape index (κ2) is 9.06. The lowest BCUT2D eigenvalue weighted by Crippen LogP contribution is -2.28. The summed E-state index contributed by atoms with van der Waals surface area (Å²) < 4.78 is 18.2. The number of amides is 1. The number of likely N-dealkylation sites (N-methyl/N-ethyl adjacent to an activating group) is 1. The lowest BCUT2D eigenvalue weighted by molar-refractivity contribution is -0.129. The molecule has 4 heteroatoms. The number of nitrogens with zero attached hydrogens (tertiary/aromatic N) is 1. The van der Waals surface area contributed by atoms with E-state index in [1.807, 2.05) is 31.3 Å². The minimum absolute atomic E-state index is 0.131. The molecule has 0 fully saturated rings. The molecule has 2 rings (SSSR count). The molecular formula is C20H24FNO2. The summed E-state index contributed by atoms with van der Waals surface area (Å²) in [6, 6.07) is 14.3. The van der Waals surface area contributed by atoms with Crippen molar-refractivity contribution in [1.82, 2.24) is 4.90 Å². The monoisotopic (exact) mass is 329 g/mol. The first-order chi connectivity index (χ1) is 11.6. The van der Waals surface area contributed by atoms with Gasteiger partial charge in [0.05, 0.1) is 7.11 Å². The van der Waals surface area contributed by atoms with Crippen molar-refractivity contribution >= 4 is 5.91 Å². The Balaban J connectivity index is 1.74. The van der Waals surface area contributed by atoms with Crippen LogP contribution in [0.15, 0.2) is 48.5 Å². The summed E-state index contributed by atoms with van der Waals surface area (Å²) in [7, 11) is 3.48. The Labute approximate surface area is 143 Å². The third-order valence-electron chi connectivity index (χ3n) is 4.10. The highest BCUT2D eigenvalue weighted by atomic mass is 19.1. The second-order valence-corrected chi connectivity index (χ2v) is 5.86. The molecule has 2 aromatic carbocycles. The van der Waals surface area contributed by atoms with Gasteiger partial charge in [0.1, 0.15) is 11.6 Å². The molecule has 0 aliphatic carbocycles. The molecule has 0 unspecified atom stereocenters. The molecule has 0 saturated heterocycles. The van der Waals surface area contributed by atoms with Crippen LogP contribution in [0.5, 0.6) is 5.75 Å². The third kappa shape index (κ3) is 5.37. The van der Waals surface area contributed by atoms with Gasteiger partial charge in [-0.2, -0.15) is 0 Å². The van der Waals surface area contributed by atoms with Crippen LogP contribution in [0.25, 0.3) is 0 Å². The van der Waals surface area contributed by atoms with Crippen LogP contribution in [0.3, 0.4) is 0 Å². The average Bonchev–Trinajstić information content (AvgIpc) is 2.61. The van der Waals surface area contributed by atoms with E-state index in [0.29, 0.717) is 13.0 Å². The maximum atomic E-state index is 12.9. The minimum atomic E-state index is -0.231. The van der Waals surface area contributed by atoms with Crippen molar-refractivity contribution in [2.45, 2.75) is 25.7 Å². The predicted molar refractivity (Wildman–Crippen MR) is 93.7 cm³/mol. The lowest BCUT2D eigenvalue weighted by atomic mass is 10.1. The van der Waals surface area contributed by atoms with E-state index in [2.05, 4.69) is 0 Å². The van der Waals surface area contributed by atoms with E-state index in [1.54, 1.807) is 24.1 Å². The third-order valence-corrected chi connectivity index (χ3v) is 4.10. The molecule has 1 amide bonds. The van der Waals surface area contributed by atoms with E-state index in [4.69, 9.17) is 4.74 Å². The molecule has 0 atom stereocenters. The van der Waals surface area contributed by atoms with Gasteiger partial charge in [-0.3, -0.25) is 4.79 Å². The number of para-hydroxylation sites is 1. The van der Waals surface area contributed by atoms with Gasteiger partial charge in [-0.15, -0.1) is 0 Å². The fourth-order valence-corrected chi connectivity index (χ4v) is 2.61. The normalized spacial score (nSPS) is 10.5. The molecule has 24 heavy (non-hydrogen) atoms. The Kier molecular flexibility index (Phi) is 6.79. The Morgan fingerprint density at radius 2 is 1.79 bits per heavy atom. The van der Waals surface area contributed by atoms with Crippen LogP contribution in [0.1, 0.15) is 24.0 Å². The van der Waals surface area contributed by atoms with Crippen LogP contribution < -0.4 is 4.74 Å². The summed E-state index contributed by atoms with van der Waals surface area (Å²) in [6.45, 7) is 0.662. The summed E-state index contributed by atoms with van der Waals surface area (Å²) >= 11 is 0. The number of hydrogen-bond acceptors (Lipinski definition) is 2. The number of hydrogen-bond donors (Lipinski definition) is 0. The molecule has 0 N–H and O–H groups in total. The van der Waals surface area contributed by atoms with Crippen molar-refractivity contribution in [2.75, 3.05) is 20.7 Å². The molecule has 0 heterocycles. The van der Waals surface area contributed by atoms with Gasteiger partial charge in [0.25, 0.3) is 0 Å². The number of rotatable bonds is 8. The number of ether oxygens (including phenoxy) is 1. The molecule has 0 aliphatic heterocycles. The molecule has 128 valence electrons. The maximum Gasteiger partial charge on any atom is 0.222 e. The maximum absolute atomic E-state index is 12.9. The van der Waals surface area contributed by atoms with E-state index in [0.717, 1.165) is 36.1 Å². The molecule has 0 spiro atoms. The first kappa shape index (κ1) is 18.0. The zero-order chi connectivity index (χ0) is 17.4. The fraction of sp³-hybridized carbons (Fsp3) is 0.350. The Bertz CT molecular complexity index is 655. The number of benzene rings is 2. The smallest absolute Gasteiger partial charge is 0.222 e. The van der Waals surface area contributed by atoms with Crippen LogP contribution in [0.4, 0.5) is 4.39 Å². The highest BCUT2D eigenvalue weighted by Crippen LogP contribution is 2.18. The number of aryl methyl sites for hydroxylation is 1. The first-order valence-corrected chi connectivity index (χ1v) is 8.20. The van der Waals surface area contributed by atoms with Gasteiger partial charge in [0.15, 0.2) is 0 Å². The van der Waals surface area contributed by atoms with Crippen molar-refractivity contribution < 1.29 is 13.9 Å². The molecule has 0 saturated carbocycles. The standard InChI is InChI=1S/C20H24FNO2/c1-22(15-14-17-7-3-4-8-19(17)24-2)20(23)9-5-6-16-10-12-18(21)13-11-16/h3-4,7-8,10-13H,5-6,9,14-15H2,1-2H3. The molecule has 0 bridgehead atoms. The van der Waals surface area contributed by atoms with Crippen LogP contribution in [-0.2, 0) is 17.6 Å². The molecule has 0 aromatic heterocycles. The molecule has 0 aliphatic rings. The van der Waals surface area contributed by atoms with Gasteiger partial charge in [-0.25, -0.2) is 4.39 Å². The summed E-state index contributed by atoms with van der Waals surface area (Å²) in [5.74, 6) is 0.757. The highest BCUT2D eigenvalue weighted by Gasteiger charge is 2.10. The van der Waals surface area contributed by atoms with Crippen LogP contribution in [-0.4, -0.2) is 31.5 Å². The summed E-state index contributed by atoms with van der Waals surface area (Å²) in [5.41, 5.74) is 2.16. The summed E-state index contributed by atoms with van der Waals surface area (Å²) in [5, 5.41) is 0. The largest absolute Gasteiger partial charge is 0.496 e. The van der Waals surface area contributed by atoms with Crippen LogP contribution in [0, 0.1) is 5.82 Å². The van der Waals surface area contributed by atoms with E-state index < -0.39 is 0 Å². The molecule has 0 radical (unpaired) electrons. The van der Waals surface area contributed by atoms with Gasteiger partial charge in [0, 0.05) is 20.0 Å². The Morgan fingerprint density at radius 1 is 1.08 bits per heavy atom. The van der Waals surface area contributed by atoms with Gasteiger partial charge >= 0.3 is 0 Å². The Morgan fingerprint density at radius 3 is 2.50 bits per heavy atom. The minimum Gasteiger partial charge on any atom is -0.496 e. The summed E-state index contributed by atoms with van der Waals surface area (Å²) in [4.78, 5) is 14.0. The number of halogens is 1. The zero-order valence-electron chi connectivity index (χ0n) is 14.3. The van der Waals surface area contributed by atoms with Gasteiger partial charge in [0.2, 0.25) is 5.91 Å². The van der Waals surface area contributed by atoms with Gasteiger partial charge in [-0.1, -0.05) is 30.3 Å². The molecular weight excluding hydrogens is 305 g/mol. The molecule has 2 aromatic rings.